The molecular weight excluding hydrogens is 234 g/mol. The van der Waals surface area contributed by atoms with Crippen LogP contribution in [0.3, 0.4) is 0 Å². The van der Waals surface area contributed by atoms with E-state index in [0.29, 0.717) is 5.95 Å². The summed E-state index contributed by atoms with van der Waals surface area (Å²) in [5.74, 6) is -0.692. The van der Waals surface area contributed by atoms with Crippen molar-refractivity contribution < 1.29 is 9.90 Å². The minimum atomic E-state index is -1.05. The van der Waals surface area contributed by atoms with Gasteiger partial charge in [-0.3, -0.25) is 0 Å². The Hall–Kier alpha value is -2.57. The summed E-state index contributed by atoms with van der Waals surface area (Å²) in [7, 11) is 0. The molecule has 0 spiro atoms. The molecule has 7 nitrogen and oxygen atoms in total. The van der Waals surface area contributed by atoms with E-state index in [1.807, 2.05) is 6.92 Å². The Morgan fingerprint density at radius 2 is 1.83 bits per heavy atom. The van der Waals surface area contributed by atoms with Crippen LogP contribution in [-0.2, 0) is 0 Å². The van der Waals surface area contributed by atoms with Gasteiger partial charge in [-0.15, -0.1) is 0 Å². The van der Waals surface area contributed by atoms with Crippen molar-refractivity contribution in [1.82, 2.24) is 19.9 Å². The van der Waals surface area contributed by atoms with Crippen LogP contribution in [0.25, 0.3) is 0 Å². The third-order valence-electron chi connectivity index (χ3n) is 2.32. The molecule has 0 aliphatic carbocycles. The average molecular weight is 245 g/mol. The highest BCUT2D eigenvalue weighted by Gasteiger charge is 2.08. The van der Waals surface area contributed by atoms with Crippen LogP contribution >= 0.6 is 0 Å². The number of anilines is 1. The van der Waals surface area contributed by atoms with Crippen molar-refractivity contribution in [3.05, 3.63) is 42.2 Å². The second-order valence-electron chi connectivity index (χ2n) is 3.64. The fraction of sp³-hybridized carbons (Fsp3) is 0.182. The van der Waals surface area contributed by atoms with Gasteiger partial charge in [0.05, 0.1) is 11.6 Å². The number of carboxylic acid groups (broad SMARTS) is 1. The lowest BCUT2D eigenvalue weighted by Crippen LogP contribution is -2.10. The molecule has 0 amide bonds. The summed E-state index contributed by atoms with van der Waals surface area (Å²) in [5, 5.41) is 11.7. The highest BCUT2D eigenvalue weighted by Crippen LogP contribution is 2.14. The Morgan fingerprint density at radius 1 is 1.22 bits per heavy atom. The van der Waals surface area contributed by atoms with Crippen LogP contribution in [0.15, 0.2) is 31.1 Å². The number of rotatable bonds is 4. The van der Waals surface area contributed by atoms with Gasteiger partial charge >= 0.3 is 5.97 Å². The van der Waals surface area contributed by atoms with Crippen molar-refractivity contribution in [2.45, 2.75) is 13.0 Å². The SMILES string of the molecule is CC(Nc1ncc(C(=O)O)cn1)c1cncnc1. The van der Waals surface area contributed by atoms with Gasteiger partial charge in [0.25, 0.3) is 0 Å². The van der Waals surface area contributed by atoms with Gasteiger partial charge in [0.1, 0.15) is 6.33 Å². The lowest BCUT2D eigenvalue weighted by Gasteiger charge is -2.12. The van der Waals surface area contributed by atoms with E-state index >= 15 is 0 Å². The second kappa shape index (κ2) is 5.17. The normalized spacial score (nSPS) is 11.8. The van der Waals surface area contributed by atoms with E-state index in [9.17, 15) is 4.79 Å². The van der Waals surface area contributed by atoms with Crippen LogP contribution in [0.1, 0.15) is 28.9 Å². The molecular formula is C11H11N5O2. The van der Waals surface area contributed by atoms with Crippen LogP contribution in [0.2, 0.25) is 0 Å². The average Bonchev–Trinajstić information content (AvgIpc) is 2.40. The zero-order chi connectivity index (χ0) is 13.0. The van der Waals surface area contributed by atoms with E-state index in [2.05, 4.69) is 25.3 Å². The zero-order valence-electron chi connectivity index (χ0n) is 9.61. The summed E-state index contributed by atoms with van der Waals surface area (Å²) in [5.41, 5.74) is 0.944. The maximum absolute atomic E-state index is 10.6. The number of aromatic carboxylic acids is 1. The Balaban J connectivity index is 2.08. The number of nitrogens with zero attached hydrogens (tertiary/aromatic N) is 4. The standard InChI is InChI=1S/C11H11N5O2/c1-7(8-2-12-6-13-3-8)16-11-14-4-9(5-15-11)10(17)18/h2-7H,1H3,(H,17,18)(H,14,15,16). The third-order valence-corrected chi connectivity index (χ3v) is 2.32. The predicted molar refractivity (Wildman–Crippen MR) is 63.1 cm³/mol. The minimum absolute atomic E-state index is 0.0521. The van der Waals surface area contributed by atoms with E-state index in [0.717, 1.165) is 5.56 Å². The Morgan fingerprint density at radius 3 is 2.39 bits per heavy atom. The Bertz CT molecular complexity index is 529. The molecule has 0 bridgehead atoms. The molecule has 2 N–H and O–H groups in total. The topological polar surface area (TPSA) is 101 Å². The first-order chi connectivity index (χ1) is 8.66. The van der Waals surface area contributed by atoms with Gasteiger partial charge in [-0.2, -0.15) is 0 Å². The van der Waals surface area contributed by atoms with E-state index < -0.39 is 5.97 Å². The van der Waals surface area contributed by atoms with Gasteiger partial charge < -0.3 is 10.4 Å². The van der Waals surface area contributed by atoms with Gasteiger partial charge in [0, 0.05) is 30.4 Å². The Kier molecular flexibility index (Phi) is 3.42. The second-order valence-corrected chi connectivity index (χ2v) is 3.64. The predicted octanol–water partition coefficient (Wildman–Crippen LogP) is 1.14. The Labute approximate surface area is 103 Å². The molecule has 0 aliphatic heterocycles. The molecule has 18 heavy (non-hydrogen) atoms. The monoisotopic (exact) mass is 245 g/mol. The number of aromatic nitrogens is 4. The molecule has 92 valence electrons. The first-order valence-corrected chi connectivity index (χ1v) is 5.23. The summed E-state index contributed by atoms with van der Waals surface area (Å²) >= 11 is 0. The molecule has 0 saturated heterocycles. The van der Waals surface area contributed by atoms with E-state index in [4.69, 9.17) is 5.11 Å². The summed E-state index contributed by atoms with van der Waals surface area (Å²) in [4.78, 5) is 26.3. The van der Waals surface area contributed by atoms with Gasteiger partial charge in [-0.25, -0.2) is 24.7 Å². The quantitative estimate of drug-likeness (QED) is 0.832. The first kappa shape index (κ1) is 11.9. The van der Waals surface area contributed by atoms with Gasteiger partial charge in [0.15, 0.2) is 0 Å². The van der Waals surface area contributed by atoms with Crippen molar-refractivity contribution in [2.75, 3.05) is 5.32 Å². The largest absolute Gasteiger partial charge is 0.478 e. The molecule has 2 heterocycles. The van der Waals surface area contributed by atoms with E-state index in [-0.39, 0.29) is 11.6 Å². The van der Waals surface area contributed by atoms with Crippen molar-refractivity contribution in [3.8, 4) is 0 Å². The maximum Gasteiger partial charge on any atom is 0.338 e. The number of hydrogen-bond donors (Lipinski definition) is 2. The molecule has 0 aliphatic rings. The summed E-state index contributed by atoms with van der Waals surface area (Å²) in [6.07, 6.45) is 7.35. The molecule has 0 fully saturated rings. The highest BCUT2D eigenvalue weighted by molar-refractivity contribution is 5.86. The molecule has 0 aromatic carbocycles. The lowest BCUT2D eigenvalue weighted by atomic mass is 10.2. The zero-order valence-corrected chi connectivity index (χ0v) is 9.61. The summed E-state index contributed by atoms with van der Waals surface area (Å²) in [6, 6.07) is -0.0677. The van der Waals surface area contributed by atoms with E-state index in [1.54, 1.807) is 12.4 Å². The van der Waals surface area contributed by atoms with Crippen molar-refractivity contribution in [1.29, 1.82) is 0 Å². The number of hydrogen-bond acceptors (Lipinski definition) is 6. The molecule has 0 radical (unpaired) electrons. The first-order valence-electron chi connectivity index (χ1n) is 5.23. The lowest BCUT2D eigenvalue weighted by molar-refractivity contribution is 0.0696. The highest BCUT2D eigenvalue weighted by atomic mass is 16.4. The maximum atomic E-state index is 10.6. The van der Waals surface area contributed by atoms with Crippen LogP contribution in [0, 0.1) is 0 Å². The molecule has 1 unspecified atom stereocenters. The van der Waals surface area contributed by atoms with E-state index in [1.165, 1.54) is 18.7 Å². The van der Waals surface area contributed by atoms with Gasteiger partial charge in [0.2, 0.25) is 5.95 Å². The van der Waals surface area contributed by atoms with Crippen molar-refractivity contribution >= 4 is 11.9 Å². The van der Waals surface area contributed by atoms with Crippen LogP contribution in [0.4, 0.5) is 5.95 Å². The molecule has 7 heteroatoms. The number of carboxylic acids is 1. The van der Waals surface area contributed by atoms with Crippen molar-refractivity contribution in [2.24, 2.45) is 0 Å². The fourth-order valence-corrected chi connectivity index (χ4v) is 1.32. The molecule has 2 aromatic rings. The third kappa shape index (κ3) is 2.76. The minimum Gasteiger partial charge on any atom is -0.478 e. The summed E-state index contributed by atoms with van der Waals surface area (Å²) in [6.45, 7) is 1.91. The van der Waals surface area contributed by atoms with Crippen molar-refractivity contribution in [3.63, 3.8) is 0 Å². The molecule has 1 atom stereocenters. The molecule has 0 saturated carbocycles. The number of carbonyl (C=O) groups is 1. The smallest absolute Gasteiger partial charge is 0.338 e. The molecule has 2 rings (SSSR count). The van der Waals surface area contributed by atoms with Gasteiger partial charge in [-0.05, 0) is 6.92 Å². The van der Waals surface area contributed by atoms with Gasteiger partial charge in [-0.1, -0.05) is 0 Å². The number of nitrogens with one attached hydrogen (secondary N) is 1. The van der Waals surface area contributed by atoms with Crippen LogP contribution < -0.4 is 5.32 Å². The summed E-state index contributed by atoms with van der Waals surface area (Å²) < 4.78 is 0. The molecule has 2 aromatic heterocycles. The van der Waals surface area contributed by atoms with Crippen LogP contribution in [-0.4, -0.2) is 31.0 Å². The fourth-order valence-electron chi connectivity index (χ4n) is 1.32. The van der Waals surface area contributed by atoms with Crippen LogP contribution in [0.5, 0.6) is 0 Å².